The number of carboxylic acids is 1. The highest BCUT2D eigenvalue weighted by atomic mass is 16.5. The summed E-state index contributed by atoms with van der Waals surface area (Å²) in [5, 5.41) is 18.2. The third-order valence-corrected chi connectivity index (χ3v) is 4.75. The smallest absolute Gasteiger partial charge is 0.333 e. The number of rotatable bonds is 8. The third kappa shape index (κ3) is 4.83. The maximum Gasteiger partial charge on any atom is 0.333 e. The number of carbonyl (C=O) groups is 3. The molecule has 0 aliphatic heterocycles. The highest BCUT2D eigenvalue weighted by molar-refractivity contribution is 5.99. The molecule has 1 heterocycles. The van der Waals surface area contributed by atoms with Gasteiger partial charge in [-0.15, -0.1) is 15.0 Å². The van der Waals surface area contributed by atoms with Crippen molar-refractivity contribution >= 4 is 28.9 Å². The van der Waals surface area contributed by atoms with E-state index in [2.05, 4.69) is 16.8 Å². The molecule has 0 spiro atoms. The quantitative estimate of drug-likeness (QED) is 0.247. The van der Waals surface area contributed by atoms with Crippen molar-refractivity contribution in [1.29, 1.82) is 0 Å². The number of fused-ring (bicyclic) bond motifs is 1. The Bertz CT molecular complexity index is 1180. The Morgan fingerprint density at radius 3 is 2.28 bits per heavy atom. The van der Waals surface area contributed by atoms with E-state index in [1.165, 1.54) is 24.7 Å². The van der Waals surface area contributed by atoms with Crippen LogP contribution in [-0.2, 0) is 25.5 Å². The van der Waals surface area contributed by atoms with Gasteiger partial charge in [0, 0.05) is 12.0 Å². The summed E-state index contributed by atoms with van der Waals surface area (Å²) in [6, 6.07) is 12.2. The largest absolute Gasteiger partial charge is 0.480 e. The number of aromatic nitrogens is 3. The third-order valence-electron chi connectivity index (χ3n) is 4.75. The van der Waals surface area contributed by atoms with E-state index in [9.17, 15) is 19.5 Å². The molecule has 0 fully saturated rings. The molecule has 0 radical (unpaired) electrons. The van der Waals surface area contributed by atoms with Gasteiger partial charge in [-0.25, -0.2) is 4.79 Å². The lowest BCUT2D eigenvalue weighted by molar-refractivity contribution is -0.160. The number of esters is 2. The Balaban J connectivity index is 1.95. The van der Waals surface area contributed by atoms with Crippen molar-refractivity contribution < 1.29 is 29.0 Å². The minimum absolute atomic E-state index is 0.104. The molecule has 3 rings (SSSR count). The Kier molecular flexibility index (Phi) is 6.38. The summed E-state index contributed by atoms with van der Waals surface area (Å²) in [4.78, 5) is 36.8. The van der Waals surface area contributed by atoms with E-state index in [1.54, 1.807) is 31.2 Å². The molecule has 0 saturated carbocycles. The number of benzene rings is 2. The fourth-order valence-corrected chi connectivity index (χ4v) is 2.63. The van der Waals surface area contributed by atoms with E-state index in [0.29, 0.717) is 28.7 Å². The zero-order valence-electron chi connectivity index (χ0n) is 18.0. The minimum Gasteiger partial charge on any atom is -0.480 e. The van der Waals surface area contributed by atoms with Gasteiger partial charge in [-0.05, 0) is 50.6 Å². The molecular formula is C23H23N3O6. The topological polar surface area (TPSA) is 121 Å². The summed E-state index contributed by atoms with van der Waals surface area (Å²) in [5.74, 6) is -2.60. The van der Waals surface area contributed by atoms with E-state index >= 15 is 0 Å². The maximum absolute atomic E-state index is 12.5. The van der Waals surface area contributed by atoms with Gasteiger partial charge in [-0.3, -0.25) is 9.59 Å². The van der Waals surface area contributed by atoms with Gasteiger partial charge >= 0.3 is 17.9 Å². The zero-order valence-corrected chi connectivity index (χ0v) is 18.0. The Labute approximate surface area is 184 Å². The van der Waals surface area contributed by atoms with E-state index in [0.717, 1.165) is 5.56 Å². The van der Waals surface area contributed by atoms with E-state index in [1.807, 2.05) is 12.1 Å². The maximum atomic E-state index is 12.5. The highest BCUT2D eigenvalue weighted by Gasteiger charge is 2.38. The molecule has 166 valence electrons. The van der Waals surface area contributed by atoms with Crippen LogP contribution in [0.4, 0.5) is 0 Å². The molecule has 1 N–H and O–H groups in total. The van der Waals surface area contributed by atoms with Crippen LogP contribution >= 0.6 is 0 Å². The Morgan fingerprint density at radius 1 is 1.09 bits per heavy atom. The average molecular weight is 437 g/mol. The molecular weight excluding hydrogens is 414 g/mol. The first-order valence-corrected chi connectivity index (χ1v) is 9.83. The lowest BCUT2D eigenvalue weighted by Crippen LogP contribution is -2.36. The second-order valence-corrected chi connectivity index (χ2v) is 7.77. The lowest BCUT2D eigenvalue weighted by atomic mass is 9.94. The van der Waals surface area contributed by atoms with Crippen LogP contribution < -0.4 is 4.74 Å². The van der Waals surface area contributed by atoms with Crippen molar-refractivity contribution in [2.45, 2.75) is 27.2 Å². The molecule has 2 aromatic carbocycles. The first kappa shape index (κ1) is 22.7. The number of hydrogen-bond donors (Lipinski definition) is 1. The fraction of sp³-hybridized carbons (Fsp3) is 0.261. The first-order chi connectivity index (χ1) is 15.1. The molecule has 0 amide bonds. The van der Waals surface area contributed by atoms with E-state index in [-0.39, 0.29) is 12.4 Å². The van der Waals surface area contributed by atoms with Crippen molar-refractivity contribution in [2.75, 3.05) is 6.61 Å². The van der Waals surface area contributed by atoms with Crippen LogP contribution in [0, 0.1) is 5.41 Å². The van der Waals surface area contributed by atoms with Crippen molar-refractivity contribution in [2.24, 2.45) is 5.41 Å². The molecule has 1 aromatic heterocycles. The highest BCUT2D eigenvalue weighted by Crippen LogP contribution is 2.28. The van der Waals surface area contributed by atoms with Crippen molar-refractivity contribution in [3.63, 3.8) is 0 Å². The summed E-state index contributed by atoms with van der Waals surface area (Å²) in [5.41, 5.74) is 0.955. The van der Waals surface area contributed by atoms with Gasteiger partial charge in [-0.2, -0.15) is 0 Å². The molecule has 0 bridgehead atoms. The van der Waals surface area contributed by atoms with Crippen LogP contribution in [0.2, 0.25) is 0 Å². The molecule has 0 atom stereocenters. The summed E-state index contributed by atoms with van der Waals surface area (Å²) < 4.78 is 10.6. The van der Waals surface area contributed by atoms with Gasteiger partial charge in [0.2, 0.25) is 0 Å². The Hall–Kier alpha value is -4.01. The second kappa shape index (κ2) is 9.01. The van der Waals surface area contributed by atoms with Gasteiger partial charge in [0.1, 0.15) is 16.7 Å². The number of hydrogen-bond acceptors (Lipinski definition) is 7. The summed E-state index contributed by atoms with van der Waals surface area (Å²) in [7, 11) is 0. The number of aliphatic carboxylic acids is 1. The molecule has 9 nitrogen and oxygen atoms in total. The van der Waals surface area contributed by atoms with Crippen LogP contribution in [-0.4, -0.2) is 44.6 Å². The minimum atomic E-state index is -1.74. The molecule has 3 aromatic rings. The van der Waals surface area contributed by atoms with Crippen molar-refractivity contribution in [1.82, 2.24) is 15.0 Å². The van der Waals surface area contributed by atoms with Crippen molar-refractivity contribution in [3.05, 3.63) is 60.2 Å². The molecule has 32 heavy (non-hydrogen) atoms. The molecule has 0 unspecified atom stereocenters. The van der Waals surface area contributed by atoms with Crippen LogP contribution in [0.3, 0.4) is 0 Å². The normalized spacial score (nSPS) is 11.2. The van der Waals surface area contributed by atoms with Crippen LogP contribution in [0.25, 0.3) is 16.7 Å². The van der Waals surface area contributed by atoms with Gasteiger partial charge in [0.05, 0.1) is 6.61 Å². The Morgan fingerprint density at radius 2 is 1.72 bits per heavy atom. The fourth-order valence-electron chi connectivity index (χ4n) is 2.63. The monoisotopic (exact) mass is 437 g/mol. The predicted molar refractivity (Wildman–Crippen MR) is 115 cm³/mol. The molecule has 0 saturated heterocycles. The van der Waals surface area contributed by atoms with Gasteiger partial charge in [0.15, 0.2) is 11.2 Å². The van der Waals surface area contributed by atoms with Crippen LogP contribution in [0.5, 0.6) is 5.75 Å². The number of carboxylic acid groups (broad SMARTS) is 1. The molecule has 0 aliphatic carbocycles. The average Bonchev–Trinajstić information content (AvgIpc) is 3.18. The summed E-state index contributed by atoms with van der Waals surface area (Å²) >= 11 is 0. The second-order valence-electron chi connectivity index (χ2n) is 7.77. The number of carbonyl (C=O) groups excluding carboxylic acids is 2. The predicted octanol–water partition coefficient (Wildman–Crippen LogP) is 3.10. The van der Waals surface area contributed by atoms with Gasteiger partial charge in [0.25, 0.3) is 0 Å². The van der Waals surface area contributed by atoms with E-state index < -0.39 is 23.3 Å². The number of ether oxygens (including phenoxy) is 2. The van der Waals surface area contributed by atoms with Gasteiger partial charge in [-0.1, -0.05) is 24.8 Å². The first-order valence-electron chi connectivity index (χ1n) is 9.83. The van der Waals surface area contributed by atoms with Crippen molar-refractivity contribution in [3.8, 4) is 11.4 Å². The molecule has 9 heteroatoms. The summed E-state index contributed by atoms with van der Waals surface area (Å²) in [6.07, 6.45) is 0.391. The zero-order chi connectivity index (χ0) is 23.5. The standard InChI is InChI=1S/C23H23N3O6/c1-14(2)20(27)31-12-11-15-9-10-19(32-22(30)23(3,4)21(28)29)18(13-15)26-24-16-7-5-6-8-17(16)25-26/h5-10,13H,1,11-12H2,2-4H3,(H,28,29). The van der Waals surface area contributed by atoms with Gasteiger partial charge < -0.3 is 14.6 Å². The summed E-state index contributed by atoms with van der Waals surface area (Å²) in [6.45, 7) is 7.77. The lowest BCUT2D eigenvalue weighted by Gasteiger charge is -2.18. The SMILES string of the molecule is C=C(C)C(=O)OCCc1ccc(OC(=O)C(C)(C)C(=O)O)c(-n2nc3ccccc3n2)c1. The van der Waals surface area contributed by atoms with E-state index in [4.69, 9.17) is 9.47 Å². The van der Waals surface area contributed by atoms with Crippen LogP contribution in [0.1, 0.15) is 26.3 Å². The van der Waals surface area contributed by atoms with Crippen LogP contribution in [0.15, 0.2) is 54.6 Å². The number of nitrogens with zero attached hydrogens (tertiary/aromatic N) is 3. The molecule has 0 aliphatic rings.